The number of aromatic nitrogens is 3. The van der Waals surface area contributed by atoms with Crippen molar-refractivity contribution in [1.82, 2.24) is 14.1 Å². The summed E-state index contributed by atoms with van der Waals surface area (Å²) in [6.07, 6.45) is 0. The molecule has 0 unspecified atom stereocenters. The van der Waals surface area contributed by atoms with Crippen molar-refractivity contribution < 1.29 is 0 Å². The number of nitrogens with zero attached hydrogens (tertiary/aromatic N) is 4. The lowest BCUT2D eigenvalue weighted by molar-refractivity contribution is 1.11. The van der Waals surface area contributed by atoms with Crippen molar-refractivity contribution in [2.24, 2.45) is 0 Å². The molecule has 4 nitrogen and oxygen atoms in total. The second-order valence-electron chi connectivity index (χ2n) is 16.4. The largest absolute Gasteiger partial charge is 0.308 e. The second kappa shape index (κ2) is 13.7. The molecule has 0 N–H and O–H groups in total. The minimum Gasteiger partial charge on any atom is -0.308 e. The third kappa shape index (κ3) is 5.76. The van der Waals surface area contributed by atoms with E-state index in [0.29, 0.717) is 5.56 Å². The number of rotatable bonds is 5. The standard InChI is InChI=1S/C55H44N4/c1-32-23-34(3)53(35(4)24-32)40-19-21-49-44(29-40)42-14-8-10-17-47(42)58(49)51-27-39(31-56)28-52(55(51)46-16-12-13-38(7)57-46)59-48-18-11-9-15-43(48)45-30-41(20-22-50(45)59)54-36(5)25-33(2)26-37(54)6/h8-30H,1-7H3. The molecule has 284 valence electrons. The quantitative estimate of drug-likeness (QED) is 0.175. The van der Waals surface area contributed by atoms with Gasteiger partial charge in [0.2, 0.25) is 0 Å². The first-order valence-electron chi connectivity index (χ1n) is 20.4. The van der Waals surface area contributed by atoms with E-state index in [1.54, 1.807) is 0 Å². The van der Waals surface area contributed by atoms with Crippen molar-refractivity contribution in [2.45, 2.75) is 48.5 Å². The SMILES string of the molecule is Cc1cc(C)c(-c2ccc3c(c2)c2ccccc2n3-c2cc(C#N)cc(-n3c4ccccc4c4cc(-c5c(C)cc(C)cc5C)ccc43)c2-c2cccc(C)n2)c(C)c1. The summed E-state index contributed by atoms with van der Waals surface area (Å²) in [5.74, 6) is 0. The van der Waals surface area contributed by atoms with Gasteiger partial charge in [0.05, 0.1) is 50.8 Å². The van der Waals surface area contributed by atoms with Gasteiger partial charge in [-0.3, -0.25) is 4.98 Å². The lowest BCUT2D eigenvalue weighted by atomic mass is 9.93. The highest BCUT2D eigenvalue weighted by molar-refractivity contribution is 6.13. The van der Waals surface area contributed by atoms with Crippen molar-refractivity contribution in [1.29, 1.82) is 5.26 Å². The predicted octanol–water partition coefficient (Wildman–Crippen LogP) is 14.3. The van der Waals surface area contributed by atoms with Crippen molar-refractivity contribution in [3.63, 3.8) is 0 Å². The summed E-state index contributed by atoms with van der Waals surface area (Å²) in [6.45, 7) is 15.2. The van der Waals surface area contributed by atoms with Gasteiger partial charge in [0.15, 0.2) is 0 Å². The Labute approximate surface area is 345 Å². The molecule has 0 saturated carbocycles. The third-order valence-electron chi connectivity index (χ3n) is 12.1. The molecular weight excluding hydrogens is 717 g/mol. The maximum absolute atomic E-state index is 10.8. The Morgan fingerprint density at radius 1 is 0.424 bits per heavy atom. The maximum atomic E-state index is 10.8. The van der Waals surface area contributed by atoms with E-state index < -0.39 is 0 Å². The van der Waals surface area contributed by atoms with Crippen molar-refractivity contribution in [3.05, 3.63) is 184 Å². The molecule has 4 heteroatoms. The number of pyridine rings is 1. The average Bonchev–Trinajstić information content (AvgIpc) is 3.72. The number of para-hydroxylation sites is 2. The normalized spacial score (nSPS) is 11.6. The fraction of sp³-hybridized carbons (Fsp3) is 0.127. The Hall–Kier alpha value is -7.22. The smallest absolute Gasteiger partial charge is 0.0993 e. The van der Waals surface area contributed by atoms with Gasteiger partial charge < -0.3 is 9.13 Å². The monoisotopic (exact) mass is 760 g/mol. The Balaban J connectivity index is 1.31. The summed E-state index contributed by atoms with van der Waals surface area (Å²) in [7, 11) is 0. The van der Waals surface area contributed by atoms with E-state index in [-0.39, 0.29) is 0 Å². The molecule has 3 heterocycles. The molecule has 0 spiro atoms. The van der Waals surface area contributed by atoms with E-state index >= 15 is 0 Å². The number of hydrogen-bond acceptors (Lipinski definition) is 2. The molecule has 0 saturated heterocycles. The van der Waals surface area contributed by atoms with Gasteiger partial charge in [0.25, 0.3) is 0 Å². The van der Waals surface area contributed by atoms with E-state index in [2.05, 4.69) is 178 Å². The van der Waals surface area contributed by atoms with Crippen molar-refractivity contribution in [2.75, 3.05) is 0 Å². The van der Waals surface area contributed by atoms with Crippen LogP contribution in [0.4, 0.5) is 0 Å². The van der Waals surface area contributed by atoms with Crippen molar-refractivity contribution >= 4 is 43.6 Å². The predicted molar refractivity (Wildman–Crippen MR) is 247 cm³/mol. The van der Waals surface area contributed by atoms with E-state index in [9.17, 15) is 5.26 Å². The summed E-state index contributed by atoms with van der Waals surface area (Å²) >= 11 is 0. The van der Waals surface area contributed by atoms with Crippen molar-refractivity contribution in [3.8, 4) is 51.0 Å². The lowest BCUT2D eigenvalue weighted by Crippen LogP contribution is -2.06. The number of nitriles is 1. The lowest BCUT2D eigenvalue weighted by Gasteiger charge is -2.20. The molecule has 0 amide bonds. The fourth-order valence-corrected chi connectivity index (χ4v) is 10.0. The summed E-state index contributed by atoms with van der Waals surface area (Å²) in [5, 5.41) is 15.5. The molecule has 0 bridgehead atoms. The molecule has 0 aliphatic rings. The van der Waals surface area contributed by atoms with Crippen LogP contribution in [0.3, 0.4) is 0 Å². The molecule has 10 rings (SSSR count). The van der Waals surface area contributed by atoms with E-state index in [4.69, 9.17) is 4.98 Å². The van der Waals surface area contributed by atoms with Crippen LogP contribution in [0.25, 0.3) is 88.5 Å². The van der Waals surface area contributed by atoms with Crippen LogP contribution in [0, 0.1) is 59.8 Å². The van der Waals surface area contributed by atoms with Crippen LogP contribution in [0.2, 0.25) is 0 Å². The zero-order chi connectivity index (χ0) is 40.7. The fourth-order valence-electron chi connectivity index (χ4n) is 10.0. The summed E-state index contributed by atoms with van der Waals surface area (Å²) in [6, 6.07) is 53.0. The van der Waals surface area contributed by atoms with Gasteiger partial charge in [0, 0.05) is 32.8 Å². The highest BCUT2D eigenvalue weighted by Crippen LogP contribution is 2.44. The minimum atomic E-state index is 0.577. The molecule has 3 aromatic heterocycles. The molecule has 0 aliphatic heterocycles. The number of aryl methyl sites for hydroxylation is 7. The first-order valence-corrected chi connectivity index (χ1v) is 20.4. The van der Waals surface area contributed by atoms with Crippen LogP contribution >= 0.6 is 0 Å². The molecule has 0 atom stereocenters. The number of hydrogen-bond donors (Lipinski definition) is 0. The highest BCUT2D eigenvalue weighted by Gasteiger charge is 2.25. The van der Waals surface area contributed by atoms with Crippen LogP contribution in [0.1, 0.15) is 44.6 Å². The van der Waals surface area contributed by atoms with E-state index in [1.165, 1.54) is 55.6 Å². The minimum absolute atomic E-state index is 0.577. The molecule has 10 aromatic rings. The Morgan fingerprint density at radius 2 is 0.864 bits per heavy atom. The zero-order valence-corrected chi connectivity index (χ0v) is 34.6. The second-order valence-corrected chi connectivity index (χ2v) is 16.4. The molecular formula is C55H44N4. The first-order chi connectivity index (χ1) is 28.6. The van der Waals surface area contributed by atoms with Crippen LogP contribution < -0.4 is 0 Å². The summed E-state index contributed by atoms with van der Waals surface area (Å²) in [5.41, 5.74) is 22.0. The van der Waals surface area contributed by atoms with Crippen LogP contribution in [-0.4, -0.2) is 14.1 Å². The molecule has 0 radical (unpaired) electrons. The molecule has 0 fully saturated rings. The average molecular weight is 761 g/mol. The highest BCUT2D eigenvalue weighted by atomic mass is 15.0. The van der Waals surface area contributed by atoms with Gasteiger partial charge in [-0.05, 0) is 154 Å². The Morgan fingerprint density at radius 3 is 1.31 bits per heavy atom. The number of benzene rings is 7. The van der Waals surface area contributed by atoms with Crippen LogP contribution in [0.15, 0.2) is 140 Å². The van der Waals surface area contributed by atoms with E-state index in [0.717, 1.165) is 71.9 Å². The molecule has 7 aromatic carbocycles. The summed E-state index contributed by atoms with van der Waals surface area (Å²) in [4.78, 5) is 5.21. The topological polar surface area (TPSA) is 46.5 Å². The molecule has 59 heavy (non-hydrogen) atoms. The van der Waals surface area contributed by atoms with Gasteiger partial charge in [-0.1, -0.05) is 90.0 Å². The van der Waals surface area contributed by atoms with Crippen LogP contribution in [0.5, 0.6) is 0 Å². The van der Waals surface area contributed by atoms with Gasteiger partial charge >= 0.3 is 0 Å². The Bertz CT molecular complexity index is 3180. The number of fused-ring (bicyclic) bond motifs is 6. The Kier molecular flexibility index (Phi) is 8.40. The van der Waals surface area contributed by atoms with Gasteiger partial charge in [-0.15, -0.1) is 0 Å². The van der Waals surface area contributed by atoms with Crippen LogP contribution in [-0.2, 0) is 0 Å². The maximum Gasteiger partial charge on any atom is 0.0993 e. The van der Waals surface area contributed by atoms with Gasteiger partial charge in [0.1, 0.15) is 0 Å². The van der Waals surface area contributed by atoms with E-state index in [1.807, 2.05) is 25.1 Å². The first kappa shape index (κ1) is 36.1. The van der Waals surface area contributed by atoms with Gasteiger partial charge in [-0.2, -0.15) is 5.26 Å². The zero-order valence-electron chi connectivity index (χ0n) is 34.6. The molecule has 0 aliphatic carbocycles. The summed E-state index contributed by atoms with van der Waals surface area (Å²) < 4.78 is 4.70. The van der Waals surface area contributed by atoms with Gasteiger partial charge in [-0.25, -0.2) is 0 Å². The third-order valence-corrected chi connectivity index (χ3v) is 12.1.